The van der Waals surface area contributed by atoms with E-state index in [0.29, 0.717) is 0 Å². The summed E-state index contributed by atoms with van der Waals surface area (Å²) < 4.78 is 0. The van der Waals surface area contributed by atoms with Gasteiger partial charge >= 0.3 is 0 Å². The first-order valence-electron chi connectivity index (χ1n) is 4.11. The van der Waals surface area contributed by atoms with E-state index in [4.69, 9.17) is 5.84 Å². The van der Waals surface area contributed by atoms with Crippen LogP contribution >= 0.6 is 22.7 Å². The van der Waals surface area contributed by atoms with Crippen molar-refractivity contribution in [1.29, 1.82) is 0 Å². The van der Waals surface area contributed by atoms with Crippen molar-refractivity contribution in [2.24, 2.45) is 5.84 Å². The first-order chi connectivity index (χ1) is 6.90. The van der Waals surface area contributed by atoms with Crippen molar-refractivity contribution in [2.75, 3.05) is 0 Å². The molecule has 2 aromatic heterocycles. The zero-order valence-corrected chi connectivity index (χ0v) is 9.02. The summed E-state index contributed by atoms with van der Waals surface area (Å²) in [5.41, 5.74) is 7.39. The van der Waals surface area contributed by atoms with Crippen LogP contribution in [-0.2, 0) is 6.42 Å². The maximum atomic E-state index is 5.48. The van der Waals surface area contributed by atoms with Crippen molar-refractivity contribution in [1.82, 2.24) is 15.4 Å². The molecule has 0 radical (unpaired) electrons. The van der Waals surface area contributed by atoms with Gasteiger partial charge in [0.15, 0.2) is 0 Å². The maximum absolute atomic E-state index is 5.48. The summed E-state index contributed by atoms with van der Waals surface area (Å²) in [4.78, 5) is 9.46. The molecule has 1 atom stereocenters. The number of nitrogens with two attached hydrogens (primary N) is 1. The van der Waals surface area contributed by atoms with Gasteiger partial charge < -0.3 is 0 Å². The van der Waals surface area contributed by atoms with Gasteiger partial charge in [0.1, 0.15) is 0 Å². The van der Waals surface area contributed by atoms with Crippen LogP contribution < -0.4 is 11.3 Å². The minimum Gasteiger partial charge on any atom is -0.271 e. The highest BCUT2D eigenvalue weighted by molar-refractivity contribution is 7.09. The van der Waals surface area contributed by atoms with Crippen molar-refractivity contribution in [3.8, 4) is 0 Å². The van der Waals surface area contributed by atoms with E-state index in [2.05, 4.69) is 15.4 Å². The van der Waals surface area contributed by atoms with Crippen LogP contribution in [0.1, 0.15) is 16.6 Å². The maximum Gasteiger partial charge on any atom is 0.0795 e. The lowest BCUT2D eigenvalue weighted by molar-refractivity contribution is 0.544. The predicted octanol–water partition coefficient (Wildman–Crippen LogP) is 1.35. The zero-order chi connectivity index (χ0) is 9.80. The van der Waals surface area contributed by atoms with E-state index in [1.165, 1.54) is 4.88 Å². The molecule has 0 aromatic carbocycles. The molecule has 0 aliphatic carbocycles. The number of hydrazine groups is 1. The summed E-state index contributed by atoms with van der Waals surface area (Å²) in [6.45, 7) is 0. The molecular formula is C8H10N4S2. The molecule has 74 valence electrons. The normalized spacial score (nSPS) is 12.9. The van der Waals surface area contributed by atoms with Crippen molar-refractivity contribution in [2.45, 2.75) is 12.5 Å². The summed E-state index contributed by atoms with van der Waals surface area (Å²) in [5.74, 6) is 5.48. The van der Waals surface area contributed by atoms with E-state index >= 15 is 0 Å². The van der Waals surface area contributed by atoms with Crippen LogP contribution in [0.5, 0.6) is 0 Å². The van der Waals surface area contributed by atoms with Crippen molar-refractivity contribution in [3.63, 3.8) is 0 Å². The summed E-state index contributed by atoms with van der Waals surface area (Å²) in [7, 11) is 0. The summed E-state index contributed by atoms with van der Waals surface area (Å²) in [6, 6.07) is 0.0849. The van der Waals surface area contributed by atoms with Gasteiger partial charge in [-0.1, -0.05) is 0 Å². The number of aromatic nitrogens is 2. The third-order valence-electron chi connectivity index (χ3n) is 1.90. The molecule has 14 heavy (non-hydrogen) atoms. The van der Waals surface area contributed by atoms with Gasteiger partial charge in [-0.3, -0.25) is 16.3 Å². The molecule has 3 N–H and O–H groups in total. The molecular weight excluding hydrogens is 216 g/mol. The van der Waals surface area contributed by atoms with Crippen LogP contribution in [0, 0.1) is 0 Å². The van der Waals surface area contributed by atoms with Crippen LogP contribution in [-0.4, -0.2) is 9.97 Å². The Labute approximate surface area is 89.8 Å². The molecule has 0 amide bonds. The number of hydrogen-bond acceptors (Lipinski definition) is 6. The molecule has 4 nitrogen and oxygen atoms in total. The summed E-state index contributed by atoms with van der Waals surface area (Å²) in [5, 5.41) is 2.01. The van der Waals surface area contributed by atoms with Gasteiger partial charge in [0.2, 0.25) is 0 Å². The van der Waals surface area contributed by atoms with E-state index in [9.17, 15) is 0 Å². The molecule has 0 bridgehead atoms. The van der Waals surface area contributed by atoms with Crippen LogP contribution in [0.4, 0.5) is 0 Å². The lowest BCUT2D eigenvalue weighted by Crippen LogP contribution is -2.29. The van der Waals surface area contributed by atoms with Gasteiger partial charge in [0.05, 0.1) is 22.8 Å². The number of thiazole rings is 2. The highest BCUT2D eigenvalue weighted by Gasteiger charge is 2.12. The van der Waals surface area contributed by atoms with Crippen molar-refractivity contribution >= 4 is 22.7 Å². The monoisotopic (exact) mass is 226 g/mol. The zero-order valence-electron chi connectivity index (χ0n) is 7.38. The molecule has 0 saturated heterocycles. The Morgan fingerprint density at radius 1 is 1.50 bits per heavy atom. The Balaban J connectivity index is 2.08. The topological polar surface area (TPSA) is 63.8 Å². The second-order valence-electron chi connectivity index (χ2n) is 2.80. The van der Waals surface area contributed by atoms with Crippen LogP contribution in [0.3, 0.4) is 0 Å². The van der Waals surface area contributed by atoms with Crippen LogP contribution in [0.25, 0.3) is 0 Å². The first kappa shape index (κ1) is 9.72. The largest absolute Gasteiger partial charge is 0.271 e. The highest BCUT2D eigenvalue weighted by Crippen LogP contribution is 2.19. The molecule has 2 aromatic rings. The van der Waals surface area contributed by atoms with E-state index in [-0.39, 0.29) is 6.04 Å². The quantitative estimate of drug-likeness (QED) is 0.610. The van der Waals surface area contributed by atoms with E-state index in [0.717, 1.165) is 12.1 Å². The van der Waals surface area contributed by atoms with Crippen LogP contribution in [0.15, 0.2) is 22.6 Å². The van der Waals surface area contributed by atoms with Gasteiger partial charge in [-0.15, -0.1) is 22.7 Å². The third-order valence-corrected chi connectivity index (χ3v) is 3.31. The second kappa shape index (κ2) is 4.61. The molecule has 0 aliphatic heterocycles. The molecule has 2 heterocycles. The fraction of sp³-hybridized carbons (Fsp3) is 0.250. The van der Waals surface area contributed by atoms with Crippen molar-refractivity contribution in [3.05, 3.63) is 33.2 Å². The fourth-order valence-electron chi connectivity index (χ4n) is 1.19. The molecule has 1 unspecified atom stereocenters. The fourth-order valence-corrected chi connectivity index (χ4v) is 2.44. The van der Waals surface area contributed by atoms with Gasteiger partial charge in [0.25, 0.3) is 0 Å². The van der Waals surface area contributed by atoms with E-state index in [1.54, 1.807) is 22.7 Å². The van der Waals surface area contributed by atoms with Crippen molar-refractivity contribution < 1.29 is 0 Å². The van der Waals surface area contributed by atoms with E-state index in [1.807, 2.05) is 22.6 Å². The minimum absolute atomic E-state index is 0.0849. The number of nitrogens with zero attached hydrogens (tertiary/aromatic N) is 2. The molecule has 0 spiro atoms. The Morgan fingerprint density at radius 2 is 2.43 bits per heavy atom. The van der Waals surface area contributed by atoms with E-state index < -0.39 is 0 Å². The number of nitrogens with one attached hydrogen (secondary N) is 1. The van der Waals surface area contributed by atoms with Gasteiger partial charge in [0, 0.05) is 22.9 Å². The van der Waals surface area contributed by atoms with Gasteiger partial charge in [-0.2, -0.15) is 0 Å². The first-order valence-corrected chi connectivity index (χ1v) is 5.94. The Bertz CT molecular complexity index is 357. The molecule has 0 fully saturated rings. The molecule has 6 heteroatoms. The number of rotatable bonds is 4. The number of hydrogen-bond donors (Lipinski definition) is 2. The highest BCUT2D eigenvalue weighted by atomic mass is 32.1. The SMILES string of the molecule is NNC(Cc1cncs1)c1cscn1. The summed E-state index contributed by atoms with van der Waals surface area (Å²) in [6.07, 6.45) is 2.70. The third kappa shape index (κ3) is 2.16. The average Bonchev–Trinajstić information content (AvgIpc) is 2.86. The lowest BCUT2D eigenvalue weighted by Gasteiger charge is -2.11. The Hall–Kier alpha value is -0.820. The molecule has 2 rings (SSSR count). The lowest BCUT2D eigenvalue weighted by atomic mass is 10.1. The minimum atomic E-state index is 0.0849. The summed E-state index contributed by atoms with van der Waals surface area (Å²) >= 11 is 3.21. The smallest absolute Gasteiger partial charge is 0.0795 e. The van der Waals surface area contributed by atoms with Gasteiger partial charge in [-0.25, -0.2) is 4.98 Å². The molecule has 0 aliphatic rings. The predicted molar refractivity (Wildman–Crippen MR) is 58.0 cm³/mol. The Kier molecular flexibility index (Phi) is 3.20. The van der Waals surface area contributed by atoms with Gasteiger partial charge in [-0.05, 0) is 0 Å². The van der Waals surface area contributed by atoms with Crippen LogP contribution in [0.2, 0.25) is 0 Å². The standard InChI is InChI=1S/C8H10N4S2/c9-12-7(8-3-13-5-11-8)1-6-2-10-4-14-6/h2-5,7,12H,1,9H2. The Morgan fingerprint density at radius 3 is 3.00 bits per heavy atom. The second-order valence-corrected chi connectivity index (χ2v) is 4.49. The molecule has 0 saturated carbocycles. The average molecular weight is 226 g/mol.